The molecule has 0 aliphatic carbocycles. The number of rotatable bonds is 4. The second-order valence-electron chi connectivity index (χ2n) is 3.68. The van der Waals surface area contributed by atoms with E-state index in [-0.39, 0.29) is 6.10 Å². The van der Waals surface area contributed by atoms with Gasteiger partial charge in [-0.05, 0) is 6.07 Å². The summed E-state index contributed by atoms with van der Waals surface area (Å²) in [5.74, 6) is 0.420. The van der Waals surface area contributed by atoms with E-state index in [1.807, 2.05) is 0 Å². The van der Waals surface area contributed by atoms with E-state index in [0.717, 1.165) is 0 Å². The second kappa shape index (κ2) is 5.97. The van der Waals surface area contributed by atoms with Gasteiger partial charge in [0, 0.05) is 11.7 Å². The van der Waals surface area contributed by atoms with Crippen LogP contribution in [-0.2, 0) is 9.47 Å². The molecule has 7 heteroatoms. The van der Waals surface area contributed by atoms with Crippen LogP contribution in [0, 0.1) is 0 Å². The van der Waals surface area contributed by atoms with Gasteiger partial charge in [-0.25, -0.2) is 4.98 Å². The number of nitrogens with zero attached hydrogens (tertiary/aromatic N) is 1. The van der Waals surface area contributed by atoms with Crippen LogP contribution in [0.25, 0.3) is 0 Å². The maximum Gasteiger partial charge on any atom is 0.490 e. The fourth-order valence-electron chi connectivity index (χ4n) is 1.44. The van der Waals surface area contributed by atoms with Gasteiger partial charge in [-0.15, -0.1) is 0 Å². The molecule has 6 nitrogen and oxygen atoms in total. The van der Waals surface area contributed by atoms with Crippen molar-refractivity contribution in [3.63, 3.8) is 0 Å². The van der Waals surface area contributed by atoms with Gasteiger partial charge in [0.05, 0.1) is 19.8 Å². The smallest absolute Gasteiger partial charge is 0.475 e. The molecule has 2 N–H and O–H groups in total. The van der Waals surface area contributed by atoms with Crippen molar-refractivity contribution in [3.05, 3.63) is 18.3 Å². The molecular formula is C10H14BNO5. The SMILES string of the molecule is OB(O)c1ccc(OCC2COCCO2)nc1. The average molecular weight is 239 g/mol. The fourth-order valence-corrected chi connectivity index (χ4v) is 1.44. The third kappa shape index (κ3) is 3.67. The van der Waals surface area contributed by atoms with Gasteiger partial charge in [-0.1, -0.05) is 6.07 Å². The molecule has 92 valence electrons. The Morgan fingerprint density at radius 2 is 2.29 bits per heavy atom. The lowest BCUT2D eigenvalue weighted by Crippen LogP contribution is -2.33. The summed E-state index contributed by atoms with van der Waals surface area (Å²) in [6.45, 7) is 2.09. The van der Waals surface area contributed by atoms with Crippen molar-refractivity contribution in [3.8, 4) is 5.88 Å². The Balaban J connectivity index is 1.82. The molecule has 1 saturated heterocycles. The summed E-state index contributed by atoms with van der Waals surface area (Å²) in [5, 5.41) is 17.8. The van der Waals surface area contributed by atoms with E-state index in [0.29, 0.717) is 37.8 Å². The molecule has 1 aromatic rings. The molecule has 0 saturated carbocycles. The maximum atomic E-state index is 8.89. The lowest BCUT2D eigenvalue weighted by Gasteiger charge is -2.22. The Morgan fingerprint density at radius 1 is 1.41 bits per heavy atom. The van der Waals surface area contributed by atoms with E-state index >= 15 is 0 Å². The van der Waals surface area contributed by atoms with Crippen LogP contribution in [0.1, 0.15) is 0 Å². The van der Waals surface area contributed by atoms with E-state index in [4.69, 9.17) is 24.3 Å². The zero-order chi connectivity index (χ0) is 12.1. The van der Waals surface area contributed by atoms with Crippen LogP contribution in [0.15, 0.2) is 18.3 Å². The summed E-state index contributed by atoms with van der Waals surface area (Å²) in [6.07, 6.45) is 1.28. The first kappa shape index (κ1) is 12.3. The monoisotopic (exact) mass is 239 g/mol. The Bertz CT molecular complexity index is 339. The molecule has 0 bridgehead atoms. The molecule has 2 rings (SSSR count). The summed E-state index contributed by atoms with van der Waals surface area (Å²) in [7, 11) is -1.51. The zero-order valence-corrected chi connectivity index (χ0v) is 9.28. The van der Waals surface area contributed by atoms with Crippen molar-refractivity contribution >= 4 is 12.6 Å². The number of hydrogen-bond donors (Lipinski definition) is 2. The third-order valence-electron chi connectivity index (χ3n) is 2.36. The summed E-state index contributed by atoms with van der Waals surface area (Å²) >= 11 is 0. The van der Waals surface area contributed by atoms with Crippen LogP contribution in [0.5, 0.6) is 5.88 Å². The van der Waals surface area contributed by atoms with Crippen molar-refractivity contribution in [1.82, 2.24) is 4.98 Å². The van der Waals surface area contributed by atoms with Crippen LogP contribution in [0.4, 0.5) is 0 Å². The number of pyridine rings is 1. The van der Waals surface area contributed by atoms with Gasteiger partial charge < -0.3 is 24.3 Å². The largest absolute Gasteiger partial charge is 0.490 e. The van der Waals surface area contributed by atoms with Crippen LogP contribution >= 0.6 is 0 Å². The molecular weight excluding hydrogens is 225 g/mol. The van der Waals surface area contributed by atoms with E-state index in [1.54, 1.807) is 12.1 Å². The van der Waals surface area contributed by atoms with E-state index in [9.17, 15) is 0 Å². The minimum atomic E-state index is -1.51. The minimum absolute atomic E-state index is 0.0753. The van der Waals surface area contributed by atoms with Gasteiger partial charge in [0.1, 0.15) is 12.7 Å². The first-order chi connectivity index (χ1) is 8.25. The Labute approximate surface area is 99.3 Å². The molecule has 1 aliphatic heterocycles. The van der Waals surface area contributed by atoms with Crippen LogP contribution in [-0.4, -0.2) is 54.7 Å². The fraction of sp³-hybridized carbons (Fsp3) is 0.500. The van der Waals surface area contributed by atoms with Gasteiger partial charge in [0.15, 0.2) is 0 Å². The van der Waals surface area contributed by atoms with Crippen molar-refractivity contribution in [2.75, 3.05) is 26.4 Å². The molecule has 1 aromatic heterocycles. The quantitative estimate of drug-likeness (QED) is 0.626. The van der Waals surface area contributed by atoms with E-state index < -0.39 is 7.12 Å². The highest BCUT2D eigenvalue weighted by Crippen LogP contribution is 2.06. The first-order valence-corrected chi connectivity index (χ1v) is 5.40. The highest BCUT2D eigenvalue weighted by molar-refractivity contribution is 6.58. The molecule has 0 radical (unpaired) electrons. The number of ether oxygens (including phenoxy) is 3. The van der Waals surface area contributed by atoms with Gasteiger partial charge in [-0.2, -0.15) is 0 Å². The predicted octanol–water partition coefficient (Wildman–Crippen LogP) is -1.44. The average Bonchev–Trinajstić information content (AvgIpc) is 2.38. The summed E-state index contributed by atoms with van der Waals surface area (Å²) in [6, 6.07) is 3.13. The van der Waals surface area contributed by atoms with Crippen LogP contribution in [0.2, 0.25) is 0 Å². The Morgan fingerprint density at radius 3 is 2.88 bits per heavy atom. The number of aromatic nitrogens is 1. The van der Waals surface area contributed by atoms with Crippen LogP contribution in [0.3, 0.4) is 0 Å². The lowest BCUT2D eigenvalue weighted by atomic mass is 9.82. The molecule has 0 aromatic carbocycles. The Hall–Kier alpha value is -1.15. The van der Waals surface area contributed by atoms with Crippen molar-refractivity contribution in [1.29, 1.82) is 0 Å². The van der Waals surface area contributed by atoms with Gasteiger partial charge in [-0.3, -0.25) is 0 Å². The summed E-state index contributed by atoms with van der Waals surface area (Å²) < 4.78 is 16.0. The molecule has 1 aliphatic rings. The second-order valence-corrected chi connectivity index (χ2v) is 3.68. The van der Waals surface area contributed by atoms with E-state index in [1.165, 1.54) is 6.20 Å². The summed E-state index contributed by atoms with van der Waals surface area (Å²) in [5.41, 5.74) is 0.328. The van der Waals surface area contributed by atoms with E-state index in [2.05, 4.69) is 4.98 Å². The minimum Gasteiger partial charge on any atom is -0.475 e. The molecule has 2 heterocycles. The normalized spacial score (nSPS) is 20.0. The predicted molar refractivity (Wildman–Crippen MR) is 60.1 cm³/mol. The highest BCUT2D eigenvalue weighted by atomic mass is 16.6. The number of hydrogen-bond acceptors (Lipinski definition) is 6. The maximum absolute atomic E-state index is 8.89. The zero-order valence-electron chi connectivity index (χ0n) is 9.28. The van der Waals surface area contributed by atoms with Crippen molar-refractivity contribution in [2.45, 2.75) is 6.10 Å². The first-order valence-electron chi connectivity index (χ1n) is 5.40. The molecule has 1 unspecified atom stereocenters. The Kier molecular flexibility index (Phi) is 4.32. The topological polar surface area (TPSA) is 81.0 Å². The standard InChI is InChI=1S/C10H14BNO5/c13-11(14)8-1-2-10(12-5-8)17-7-9-6-15-3-4-16-9/h1-2,5,9,13-14H,3-4,6-7H2. The molecule has 0 amide bonds. The molecule has 0 spiro atoms. The molecule has 1 fully saturated rings. The lowest BCUT2D eigenvalue weighted by molar-refractivity contribution is -0.102. The summed E-state index contributed by atoms with van der Waals surface area (Å²) in [4.78, 5) is 3.95. The van der Waals surface area contributed by atoms with Gasteiger partial charge >= 0.3 is 7.12 Å². The molecule has 1 atom stereocenters. The van der Waals surface area contributed by atoms with Crippen LogP contribution < -0.4 is 10.2 Å². The van der Waals surface area contributed by atoms with Crippen molar-refractivity contribution in [2.24, 2.45) is 0 Å². The van der Waals surface area contributed by atoms with Gasteiger partial charge in [0.2, 0.25) is 5.88 Å². The molecule has 17 heavy (non-hydrogen) atoms. The van der Waals surface area contributed by atoms with Gasteiger partial charge in [0.25, 0.3) is 0 Å². The highest BCUT2D eigenvalue weighted by Gasteiger charge is 2.15. The van der Waals surface area contributed by atoms with Crippen molar-refractivity contribution < 1.29 is 24.3 Å². The third-order valence-corrected chi connectivity index (χ3v) is 2.36.